The second-order valence-corrected chi connectivity index (χ2v) is 11.7. The number of hydrogen-bond donors (Lipinski definition) is 0. The molecule has 8 aromatic carbocycles. The highest BCUT2D eigenvalue weighted by Crippen LogP contribution is 2.22. The molecule has 0 heteroatoms. The largest absolute Gasteiger partial charge is 0.0683 e. The molecule has 0 heterocycles. The molecular formula is C59H82. The fraction of sp³-hybridized carbons (Fsp3) is 0.288. The van der Waals surface area contributed by atoms with E-state index in [-0.39, 0.29) is 0 Å². The molecule has 0 spiro atoms. The molecule has 0 aliphatic heterocycles. The van der Waals surface area contributed by atoms with E-state index in [0.717, 1.165) is 0 Å². The van der Waals surface area contributed by atoms with Crippen LogP contribution in [-0.4, -0.2) is 0 Å². The normalized spacial score (nSPS) is 8.39. The summed E-state index contributed by atoms with van der Waals surface area (Å²) in [6.45, 7) is 30.6. The summed E-state index contributed by atoms with van der Waals surface area (Å²) in [5.41, 5.74) is 3.87. The molecule has 0 atom stereocenters. The lowest BCUT2D eigenvalue weighted by atomic mass is 10.0. The topological polar surface area (TPSA) is 0 Å². The Morgan fingerprint density at radius 3 is 0.593 bits per heavy atom. The Morgan fingerprint density at radius 2 is 0.407 bits per heavy atom. The van der Waals surface area contributed by atoms with Gasteiger partial charge < -0.3 is 0 Å². The Bertz CT molecular complexity index is 1780. The molecule has 0 fully saturated rings. The zero-order valence-electron chi connectivity index (χ0n) is 40.0. The lowest BCUT2D eigenvalue weighted by Gasteiger charge is -2.00. The van der Waals surface area contributed by atoms with Gasteiger partial charge in [0.2, 0.25) is 0 Å². The van der Waals surface area contributed by atoms with E-state index in [2.05, 4.69) is 204 Å². The van der Waals surface area contributed by atoms with Crippen LogP contribution in [0.4, 0.5) is 0 Å². The molecule has 0 saturated carbocycles. The molecule has 0 unspecified atom stereocenters. The number of aryl methyl sites for hydroxylation is 1. The molecule has 0 aliphatic carbocycles. The summed E-state index contributed by atoms with van der Waals surface area (Å²) in [5.74, 6) is 0. The average Bonchev–Trinajstić information content (AvgIpc) is 3.33. The molecule has 0 amide bonds. The minimum Gasteiger partial charge on any atom is -0.0683 e. The van der Waals surface area contributed by atoms with Crippen LogP contribution < -0.4 is 0 Å². The highest BCUT2D eigenvalue weighted by atomic mass is 14.0. The minimum absolute atomic E-state index is 1.25. The molecular weight excluding hydrogens is 709 g/mol. The van der Waals surface area contributed by atoms with E-state index in [1.807, 2.05) is 99.6 Å². The van der Waals surface area contributed by atoms with Crippen LogP contribution in [-0.2, 0) is 0 Å². The minimum atomic E-state index is 1.25. The maximum atomic E-state index is 2.24. The Labute approximate surface area is 364 Å². The third kappa shape index (κ3) is 27.0. The first-order chi connectivity index (χ1) is 29.1. The molecule has 0 radical (unpaired) electrons. The summed E-state index contributed by atoms with van der Waals surface area (Å²) in [4.78, 5) is 0. The lowest BCUT2D eigenvalue weighted by Crippen LogP contribution is -1.74. The van der Waals surface area contributed by atoms with Crippen molar-refractivity contribution in [3.8, 4) is 11.1 Å². The van der Waals surface area contributed by atoms with Gasteiger partial charge in [0.05, 0.1) is 0 Å². The van der Waals surface area contributed by atoms with E-state index in [0.29, 0.717) is 0 Å². The maximum absolute atomic E-state index is 2.24. The fourth-order valence-electron chi connectivity index (χ4n) is 4.81. The summed E-state index contributed by atoms with van der Waals surface area (Å²) in [6.07, 6.45) is 2.50. The second kappa shape index (κ2) is 43.7. The van der Waals surface area contributed by atoms with E-state index in [4.69, 9.17) is 0 Å². The number of fused-ring (bicyclic) bond motifs is 3. The van der Waals surface area contributed by atoms with E-state index in [1.54, 1.807) is 0 Å². The van der Waals surface area contributed by atoms with Crippen LogP contribution in [0.25, 0.3) is 43.4 Å². The first kappa shape index (κ1) is 57.9. The maximum Gasteiger partial charge on any atom is -0.0178 e. The zero-order chi connectivity index (χ0) is 44.9. The molecule has 8 rings (SSSR count). The van der Waals surface area contributed by atoms with Crippen molar-refractivity contribution in [1.82, 2.24) is 0 Å². The van der Waals surface area contributed by atoms with Crippen molar-refractivity contribution >= 4 is 32.3 Å². The Balaban J connectivity index is -0.000000644. The van der Waals surface area contributed by atoms with Gasteiger partial charge in [-0.2, -0.15) is 0 Å². The molecule has 0 saturated heterocycles. The molecule has 0 N–H and O–H groups in total. The van der Waals surface area contributed by atoms with Gasteiger partial charge in [-0.1, -0.05) is 303 Å². The first-order valence-corrected chi connectivity index (χ1v) is 22.5. The van der Waals surface area contributed by atoms with Crippen LogP contribution >= 0.6 is 0 Å². The van der Waals surface area contributed by atoms with E-state index < -0.39 is 0 Å². The van der Waals surface area contributed by atoms with Crippen molar-refractivity contribution in [1.29, 1.82) is 0 Å². The first-order valence-electron chi connectivity index (χ1n) is 22.5. The molecule has 0 bridgehead atoms. The van der Waals surface area contributed by atoms with Crippen LogP contribution in [0, 0.1) is 6.92 Å². The van der Waals surface area contributed by atoms with E-state index >= 15 is 0 Å². The summed E-state index contributed by atoms with van der Waals surface area (Å²) in [5, 5.41) is 7.87. The van der Waals surface area contributed by atoms with E-state index in [9.17, 15) is 0 Å². The van der Waals surface area contributed by atoms with Gasteiger partial charge in [0.1, 0.15) is 0 Å². The lowest BCUT2D eigenvalue weighted by molar-refractivity contribution is 1.09. The standard InChI is InChI=1S/C14H10.C12H10.C10H8.C7H8.2C3H8.5C2H6/c1-2-6-12-10-14-8-4-3-7-13(14)9-11(12)5-1;1-3-7-11(8-4-1)12-9-5-2-6-10-12;1-2-6-10-8-4-3-7-9(10)5-1;1-7-5-3-2-4-6-7;2*1-3-2;5*1-2/h1-10H;1-10H;1-8H;2-6H,1H3;2*3H2,1-2H3;5*1-2H3. The van der Waals surface area contributed by atoms with Crippen molar-refractivity contribution in [2.75, 3.05) is 0 Å². The van der Waals surface area contributed by atoms with Crippen molar-refractivity contribution in [3.63, 3.8) is 0 Å². The molecule has 0 nitrogen and oxygen atoms in total. The van der Waals surface area contributed by atoms with Crippen LogP contribution in [0.5, 0.6) is 0 Å². The SMILES string of the molecule is CC.CC.CC.CC.CC.CCC.CCC.Cc1ccccc1.c1ccc(-c2ccccc2)cc1.c1ccc2cc3ccccc3cc2c1.c1ccc2ccccc2c1. The van der Waals surface area contributed by atoms with Gasteiger partial charge in [-0.05, 0) is 62.5 Å². The molecule has 318 valence electrons. The predicted molar refractivity (Wildman–Crippen MR) is 277 cm³/mol. The highest BCUT2D eigenvalue weighted by molar-refractivity contribution is 5.98. The van der Waals surface area contributed by atoms with Crippen molar-refractivity contribution in [3.05, 3.63) is 206 Å². The molecule has 0 aromatic heterocycles. The molecule has 59 heavy (non-hydrogen) atoms. The monoisotopic (exact) mass is 791 g/mol. The molecule has 8 aromatic rings. The van der Waals surface area contributed by atoms with Crippen LogP contribution in [0.3, 0.4) is 0 Å². The summed E-state index contributed by atoms with van der Waals surface area (Å²) < 4.78 is 0. The Hall–Kier alpha value is -5.46. The second-order valence-electron chi connectivity index (χ2n) is 11.7. The van der Waals surface area contributed by atoms with Crippen molar-refractivity contribution in [2.45, 2.75) is 117 Å². The number of hydrogen-bond acceptors (Lipinski definition) is 0. The highest BCUT2D eigenvalue weighted by Gasteiger charge is 1.95. The van der Waals surface area contributed by atoms with Gasteiger partial charge in [0, 0.05) is 0 Å². The predicted octanol–water partition coefficient (Wildman–Crippen LogP) is 20.1. The van der Waals surface area contributed by atoms with E-state index in [1.165, 1.54) is 61.8 Å². The third-order valence-electron chi connectivity index (χ3n) is 7.09. The zero-order valence-corrected chi connectivity index (χ0v) is 40.0. The van der Waals surface area contributed by atoms with Gasteiger partial charge in [0.15, 0.2) is 0 Å². The van der Waals surface area contributed by atoms with Gasteiger partial charge in [0.25, 0.3) is 0 Å². The van der Waals surface area contributed by atoms with Crippen molar-refractivity contribution < 1.29 is 0 Å². The Morgan fingerprint density at radius 1 is 0.237 bits per heavy atom. The Kier molecular flexibility index (Phi) is 42.8. The van der Waals surface area contributed by atoms with Gasteiger partial charge in [-0.15, -0.1) is 0 Å². The van der Waals surface area contributed by atoms with Crippen LogP contribution in [0.2, 0.25) is 0 Å². The third-order valence-corrected chi connectivity index (χ3v) is 7.09. The van der Waals surface area contributed by atoms with Crippen molar-refractivity contribution in [2.24, 2.45) is 0 Å². The quantitative estimate of drug-likeness (QED) is 0.145. The fourth-order valence-corrected chi connectivity index (χ4v) is 4.81. The summed E-state index contributed by atoms with van der Waals surface area (Å²) in [7, 11) is 0. The number of benzene rings is 8. The number of rotatable bonds is 1. The van der Waals surface area contributed by atoms with Gasteiger partial charge >= 0.3 is 0 Å². The van der Waals surface area contributed by atoms with Gasteiger partial charge in [-0.3, -0.25) is 0 Å². The van der Waals surface area contributed by atoms with Gasteiger partial charge in [-0.25, -0.2) is 0 Å². The molecule has 0 aliphatic rings. The summed E-state index contributed by atoms with van der Waals surface area (Å²) >= 11 is 0. The smallest absolute Gasteiger partial charge is 0.0178 e. The van der Waals surface area contributed by atoms with Crippen LogP contribution in [0.15, 0.2) is 200 Å². The summed E-state index contributed by atoms with van der Waals surface area (Å²) in [6, 6.07) is 69.2. The average molecular weight is 791 g/mol. The van der Waals surface area contributed by atoms with Crippen LogP contribution in [0.1, 0.15) is 115 Å².